The summed E-state index contributed by atoms with van der Waals surface area (Å²) in [6.07, 6.45) is 0.368. The predicted octanol–water partition coefficient (Wildman–Crippen LogP) is 2.46. The molecule has 0 saturated carbocycles. The average Bonchev–Trinajstić information content (AvgIpc) is 2.84. The number of nitrogens with one attached hydrogen (secondary N) is 3. The van der Waals surface area contributed by atoms with E-state index in [4.69, 9.17) is 11.6 Å². The Labute approximate surface area is 201 Å². The normalized spacial score (nSPS) is 10.4. The maximum Gasteiger partial charge on any atom is 0.267 e. The van der Waals surface area contributed by atoms with Gasteiger partial charge in [0, 0.05) is 47.4 Å². The first-order valence-electron chi connectivity index (χ1n) is 10.6. The fourth-order valence-corrected chi connectivity index (χ4v) is 3.09. The van der Waals surface area contributed by atoms with Crippen LogP contribution in [0, 0.1) is 0 Å². The van der Waals surface area contributed by atoms with Crippen molar-refractivity contribution in [3.63, 3.8) is 0 Å². The molecular weight excluding hydrogens is 458 g/mol. The summed E-state index contributed by atoms with van der Waals surface area (Å²) in [6.45, 7) is 1.88. The van der Waals surface area contributed by atoms with Gasteiger partial charge in [-0.1, -0.05) is 30.7 Å². The van der Waals surface area contributed by atoms with Gasteiger partial charge in [0.25, 0.3) is 11.5 Å². The zero-order chi connectivity index (χ0) is 24.5. The molecule has 0 bridgehead atoms. The van der Waals surface area contributed by atoms with Crippen LogP contribution in [0.1, 0.15) is 23.7 Å². The highest BCUT2D eigenvalue weighted by Crippen LogP contribution is 2.18. The van der Waals surface area contributed by atoms with Crippen molar-refractivity contribution in [2.45, 2.75) is 19.9 Å². The van der Waals surface area contributed by atoms with E-state index >= 15 is 0 Å². The number of benzene rings is 2. The lowest BCUT2D eigenvalue weighted by molar-refractivity contribution is -0.122. The fourth-order valence-electron chi connectivity index (χ4n) is 2.96. The molecule has 3 rings (SSSR count). The van der Waals surface area contributed by atoms with Crippen molar-refractivity contribution in [2.24, 2.45) is 0 Å². The molecular formula is C24H24ClN5O4. The molecule has 10 heteroatoms. The third-order valence-electron chi connectivity index (χ3n) is 4.78. The van der Waals surface area contributed by atoms with Gasteiger partial charge in [0.2, 0.25) is 11.8 Å². The van der Waals surface area contributed by atoms with Gasteiger partial charge in [-0.25, -0.2) is 4.68 Å². The second-order valence-electron chi connectivity index (χ2n) is 7.31. The Bertz CT molecular complexity index is 1220. The van der Waals surface area contributed by atoms with Crippen molar-refractivity contribution >= 4 is 35.0 Å². The molecule has 3 N–H and O–H groups in total. The van der Waals surface area contributed by atoms with Gasteiger partial charge < -0.3 is 16.0 Å². The molecule has 3 amide bonds. The molecule has 1 aromatic heterocycles. The molecule has 0 aliphatic carbocycles. The molecule has 0 aliphatic heterocycles. The van der Waals surface area contributed by atoms with E-state index in [2.05, 4.69) is 21.0 Å². The van der Waals surface area contributed by atoms with E-state index < -0.39 is 11.5 Å². The molecule has 0 spiro atoms. The van der Waals surface area contributed by atoms with Crippen molar-refractivity contribution in [3.8, 4) is 11.3 Å². The summed E-state index contributed by atoms with van der Waals surface area (Å²) in [5.74, 6) is -0.827. The second-order valence-corrected chi connectivity index (χ2v) is 7.74. The molecule has 176 valence electrons. The number of aromatic nitrogens is 2. The van der Waals surface area contributed by atoms with Crippen LogP contribution in [0.25, 0.3) is 11.3 Å². The minimum atomic E-state index is -0.409. The maximum atomic E-state index is 12.2. The summed E-state index contributed by atoms with van der Waals surface area (Å²) in [6, 6.07) is 16.4. The fraction of sp³-hybridized carbons (Fsp3) is 0.208. The number of carbonyl (C=O) groups is 3. The van der Waals surface area contributed by atoms with E-state index in [0.29, 0.717) is 28.4 Å². The van der Waals surface area contributed by atoms with E-state index in [0.717, 1.165) is 10.2 Å². The van der Waals surface area contributed by atoms with Crippen LogP contribution in [0.4, 0.5) is 5.69 Å². The Hall–Kier alpha value is -3.98. The highest BCUT2D eigenvalue weighted by Gasteiger charge is 2.09. The van der Waals surface area contributed by atoms with Crippen LogP contribution < -0.4 is 21.5 Å². The number of nitrogens with zero attached hydrogens (tertiary/aromatic N) is 2. The number of carbonyl (C=O) groups excluding carboxylic acids is 3. The molecule has 34 heavy (non-hydrogen) atoms. The van der Waals surface area contributed by atoms with Crippen LogP contribution in [0.3, 0.4) is 0 Å². The van der Waals surface area contributed by atoms with E-state index in [1.807, 2.05) is 0 Å². The Morgan fingerprint density at radius 1 is 0.882 bits per heavy atom. The zero-order valence-electron chi connectivity index (χ0n) is 18.5. The summed E-state index contributed by atoms with van der Waals surface area (Å²) >= 11 is 5.90. The van der Waals surface area contributed by atoms with Gasteiger partial charge in [0.1, 0.15) is 6.54 Å². The Balaban J connectivity index is 1.47. The first-order valence-corrected chi connectivity index (χ1v) is 11.0. The number of halogens is 1. The predicted molar refractivity (Wildman–Crippen MR) is 130 cm³/mol. The Morgan fingerprint density at radius 3 is 2.24 bits per heavy atom. The average molecular weight is 482 g/mol. The number of amides is 3. The summed E-state index contributed by atoms with van der Waals surface area (Å²) < 4.78 is 1.08. The number of anilines is 1. The summed E-state index contributed by atoms with van der Waals surface area (Å²) in [5.41, 5.74) is 1.94. The lowest BCUT2D eigenvalue weighted by atomic mass is 10.1. The Morgan fingerprint density at radius 2 is 1.56 bits per heavy atom. The monoisotopic (exact) mass is 481 g/mol. The number of hydrogen-bond donors (Lipinski definition) is 3. The summed E-state index contributed by atoms with van der Waals surface area (Å²) in [4.78, 5) is 48.0. The highest BCUT2D eigenvalue weighted by molar-refractivity contribution is 6.30. The van der Waals surface area contributed by atoms with Gasteiger partial charge in [0.05, 0.1) is 5.69 Å². The minimum Gasteiger partial charge on any atom is -0.353 e. The standard InChI is InChI=1S/C24H24ClN5O4/c1-2-21(31)28-19-9-5-17(6-10-19)24(34)27-14-13-26-22(32)15-30-23(33)12-11-20(29-30)16-3-7-18(25)8-4-16/h3-12H,2,13-15H2,1H3,(H,26,32)(H,27,34)(H,28,31). The lowest BCUT2D eigenvalue weighted by Crippen LogP contribution is -2.38. The number of hydrogen-bond acceptors (Lipinski definition) is 5. The molecule has 0 fully saturated rings. The molecule has 2 aromatic carbocycles. The maximum absolute atomic E-state index is 12.2. The summed E-state index contributed by atoms with van der Waals surface area (Å²) in [5, 5.41) is 12.9. The zero-order valence-corrected chi connectivity index (χ0v) is 19.3. The number of rotatable bonds is 9. The third-order valence-corrected chi connectivity index (χ3v) is 5.04. The molecule has 3 aromatic rings. The van der Waals surface area contributed by atoms with Crippen molar-refractivity contribution < 1.29 is 14.4 Å². The lowest BCUT2D eigenvalue weighted by Gasteiger charge is -2.10. The summed E-state index contributed by atoms with van der Waals surface area (Å²) in [7, 11) is 0. The minimum absolute atomic E-state index is 0.109. The van der Waals surface area contributed by atoms with Gasteiger partial charge in [-0.2, -0.15) is 5.10 Å². The SMILES string of the molecule is CCC(=O)Nc1ccc(C(=O)NCCNC(=O)Cn2nc(-c3ccc(Cl)cc3)ccc2=O)cc1. The van der Waals surface area contributed by atoms with E-state index in [1.165, 1.54) is 6.07 Å². The van der Waals surface area contributed by atoms with E-state index in [9.17, 15) is 19.2 Å². The second kappa shape index (κ2) is 11.8. The van der Waals surface area contributed by atoms with Crippen molar-refractivity contribution in [2.75, 3.05) is 18.4 Å². The molecule has 1 heterocycles. The van der Waals surface area contributed by atoms with Crippen LogP contribution in [-0.4, -0.2) is 40.6 Å². The first kappa shape index (κ1) is 24.7. The van der Waals surface area contributed by atoms with Crippen LogP contribution in [-0.2, 0) is 16.1 Å². The molecule has 0 aliphatic rings. The first-order chi connectivity index (χ1) is 16.4. The van der Waals surface area contributed by atoms with Crippen molar-refractivity contribution in [3.05, 3.63) is 81.6 Å². The van der Waals surface area contributed by atoms with Gasteiger partial charge in [-0.15, -0.1) is 0 Å². The topological polar surface area (TPSA) is 122 Å². The van der Waals surface area contributed by atoms with Crippen LogP contribution in [0.2, 0.25) is 5.02 Å². The van der Waals surface area contributed by atoms with E-state index in [-0.39, 0.29) is 31.4 Å². The van der Waals surface area contributed by atoms with Crippen LogP contribution in [0.5, 0.6) is 0 Å². The van der Waals surface area contributed by atoms with Crippen LogP contribution >= 0.6 is 11.6 Å². The van der Waals surface area contributed by atoms with Crippen LogP contribution in [0.15, 0.2) is 65.5 Å². The molecule has 0 unspecified atom stereocenters. The van der Waals surface area contributed by atoms with Gasteiger partial charge in [-0.3, -0.25) is 19.2 Å². The quantitative estimate of drug-likeness (QED) is 0.405. The highest BCUT2D eigenvalue weighted by atomic mass is 35.5. The smallest absolute Gasteiger partial charge is 0.267 e. The van der Waals surface area contributed by atoms with Crippen molar-refractivity contribution in [1.82, 2.24) is 20.4 Å². The molecule has 9 nitrogen and oxygen atoms in total. The van der Waals surface area contributed by atoms with Gasteiger partial charge in [-0.05, 0) is 42.5 Å². The molecule has 0 saturated heterocycles. The molecule has 0 atom stereocenters. The largest absolute Gasteiger partial charge is 0.353 e. The van der Waals surface area contributed by atoms with Crippen molar-refractivity contribution in [1.29, 1.82) is 0 Å². The van der Waals surface area contributed by atoms with Gasteiger partial charge >= 0.3 is 0 Å². The van der Waals surface area contributed by atoms with Gasteiger partial charge in [0.15, 0.2) is 0 Å². The third kappa shape index (κ3) is 7.01. The van der Waals surface area contributed by atoms with E-state index in [1.54, 1.807) is 61.5 Å². The Kier molecular flexibility index (Phi) is 8.53. The molecule has 0 radical (unpaired) electrons.